The van der Waals surface area contributed by atoms with Gasteiger partial charge in [-0.3, -0.25) is 0 Å². The van der Waals surface area contributed by atoms with E-state index in [-0.39, 0.29) is 12.1 Å². The van der Waals surface area contributed by atoms with Crippen LogP contribution in [0.1, 0.15) is 37.8 Å². The monoisotopic (exact) mass is 364 g/mol. The van der Waals surface area contributed by atoms with E-state index in [9.17, 15) is 5.11 Å². The Morgan fingerprint density at radius 3 is 2.68 bits per heavy atom. The summed E-state index contributed by atoms with van der Waals surface area (Å²) in [4.78, 5) is 0. The van der Waals surface area contributed by atoms with Crippen molar-refractivity contribution in [2.24, 2.45) is 0 Å². The van der Waals surface area contributed by atoms with Crippen molar-refractivity contribution in [2.45, 2.75) is 39.3 Å². The summed E-state index contributed by atoms with van der Waals surface area (Å²) in [6.07, 6.45) is 3.01. The third-order valence-corrected chi connectivity index (χ3v) is 3.91. The van der Waals surface area contributed by atoms with Gasteiger partial charge in [-0.15, -0.1) is 0 Å². The van der Waals surface area contributed by atoms with Gasteiger partial charge in [0.05, 0.1) is 5.69 Å². The SMILES string of the molecule is Cc1noc(C=Cc2ccccc2OCC(O)CNC(C)(C)C)c1Cl. The van der Waals surface area contributed by atoms with E-state index in [1.54, 1.807) is 13.0 Å². The normalized spacial score (nSPS) is 13.4. The first-order valence-corrected chi connectivity index (χ1v) is 8.59. The number of aliphatic hydroxyl groups excluding tert-OH is 1. The molecule has 136 valence electrons. The number of hydrogen-bond acceptors (Lipinski definition) is 5. The maximum Gasteiger partial charge on any atom is 0.178 e. The molecule has 2 aromatic rings. The van der Waals surface area contributed by atoms with E-state index >= 15 is 0 Å². The molecule has 0 spiro atoms. The molecule has 5 nitrogen and oxygen atoms in total. The molecule has 1 aromatic heterocycles. The largest absolute Gasteiger partial charge is 0.490 e. The molecule has 0 fully saturated rings. The average molecular weight is 365 g/mol. The molecule has 6 heteroatoms. The fourth-order valence-electron chi connectivity index (χ4n) is 2.06. The van der Waals surface area contributed by atoms with Gasteiger partial charge in [0.2, 0.25) is 0 Å². The van der Waals surface area contributed by atoms with Crippen LogP contribution in [0.15, 0.2) is 28.8 Å². The van der Waals surface area contributed by atoms with Crippen LogP contribution in [0.4, 0.5) is 0 Å². The minimum absolute atomic E-state index is 0.0455. The smallest absolute Gasteiger partial charge is 0.178 e. The van der Waals surface area contributed by atoms with Crippen LogP contribution in [0.2, 0.25) is 5.02 Å². The molecule has 1 aromatic carbocycles. The number of benzene rings is 1. The topological polar surface area (TPSA) is 67.5 Å². The summed E-state index contributed by atoms with van der Waals surface area (Å²) in [5.74, 6) is 1.18. The molecule has 0 saturated heterocycles. The van der Waals surface area contributed by atoms with Crippen LogP contribution in [0.3, 0.4) is 0 Å². The lowest BCUT2D eigenvalue weighted by Crippen LogP contribution is -2.42. The molecular weight excluding hydrogens is 340 g/mol. The quantitative estimate of drug-likeness (QED) is 0.779. The van der Waals surface area contributed by atoms with E-state index in [0.717, 1.165) is 5.56 Å². The minimum atomic E-state index is -0.595. The van der Waals surface area contributed by atoms with Gasteiger partial charge in [-0.1, -0.05) is 35.0 Å². The highest BCUT2D eigenvalue weighted by Crippen LogP contribution is 2.25. The second kappa shape index (κ2) is 8.52. The predicted molar refractivity (Wildman–Crippen MR) is 101 cm³/mol. The van der Waals surface area contributed by atoms with Crippen molar-refractivity contribution in [3.63, 3.8) is 0 Å². The van der Waals surface area contributed by atoms with Gasteiger partial charge >= 0.3 is 0 Å². The molecule has 1 heterocycles. The zero-order chi connectivity index (χ0) is 18.4. The van der Waals surface area contributed by atoms with Crippen LogP contribution in [0.5, 0.6) is 5.75 Å². The Morgan fingerprint density at radius 2 is 2.04 bits per heavy atom. The first-order chi connectivity index (χ1) is 11.8. The summed E-state index contributed by atoms with van der Waals surface area (Å²) in [5.41, 5.74) is 1.47. The van der Waals surface area contributed by atoms with Gasteiger partial charge in [0, 0.05) is 17.6 Å². The van der Waals surface area contributed by atoms with Crippen molar-refractivity contribution < 1.29 is 14.4 Å². The van der Waals surface area contributed by atoms with Crippen molar-refractivity contribution in [3.8, 4) is 5.75 Å². The van der Waals surface area contributed by atoms with E-state index in [1.165, 1.54) is 0 Å². The highest BCUT2D eigenvalue weighted by Gasteiger charge is 2.13. The van der Waals surface area contributed by atoms with Crippen LogP contribution in [0.25, 0.3) is 12.2 Å². The highest BCUT2D eigenvalue weighted by molar-refractivity contribution is 6.32. The zero-order valence-corrected chi connectivity index (χ0v) is 15.8. The molecular formula is C19H25ClN2O3. The maximum absolute atomic E-state index is 10.1. The zero-order valence-electron chi connectivity index (χ0n) is 15.0. The van der Waals surface area contributed by atoms with Crippen molar-refractivity contribution in [3.05, 3.63) is 46.3 Å². The van der Waals surface area contributed by atoms with Gasteiger partial charge in [0.1, 0.15) is 23.5 Å². The van der Waals surface area contributed by atoms with Crippen LogP contribution >= 0.6 is 11.6 Å². The average Bonchev–Trinajstić information content (AvgIpc) is 2.88. The lowest BCUT2D eigenvalue weighted by atomic mass is 10.1. The van der Waals surface area contributed by atoms with E-state index in [0.29, 0.717) is 28.8 Å². The van der Waals surface area contributed by atoms with Gasteiger partial charge < -0.3 is 19.7 Å². The number of nitrogens with one attached hydrogen (secondary N) is 1. The lowest BCUT2D eigenvalue weighted by molar-refractivity contribution is 0.0999. The number of nitrogens with zero attached hydrogens (tertiary/aromatic N) is 1. The van der Waals surface area contributed by atoms with E-state index in [4.69, 9.17) is 20.9 Å². The summed E-state index contributed by atoms with van der Waals surface area (Å²) in [6, 6.07) is 7.58. The Hall–Kier alpha value is -1.82. The number of halogens is 1. The van der Waals surface area contributed by atoms with Gasteiger partial charge in [-0.25, -0.2) is 0 Å². The molecule has 0 bridgehead atoms. The molecule has 25 heavy (non-hydrogen) atoms. The summed E-state index contributed by atoms with van der Waals surface area (Å²) in [5, 5.41) is 17.6. The number of ether oxygens (including phenoxy) is 1. The molecule has 2 N–H and O–H groups in total. The second-order valence-corrected chi connectivity index (χ2v) is 7.29. The third kappa shape index (κ3) is 6.20. The summed E-state index contributed by atoms with van der Waals surface area (Å²) >= 11 is 6.11. The number of aromatic nitrogens is 1. The molecule has 0 saturated carbocycles. The summed E-state index contributed by atoms with van der Waals surface area (Å²) in [6.45, 7) is 8.61. The van der Waals surface area contributed by atoms with Crippen molar-refractivity contribution >= 4 is 23.8 Å². The molecule has 2 rings (SSSR count). The first kappa shape index (κ1) is 19.5. The number of para-hydroxylation sites is 1. The number of hydrogen-bond donors (Lipinski definition) is 2. The van der Waals surface area contributed by atoms with E-state index in [1.807, 2.05) is 30.3 Å². The Labute approximate surface area is 153 Å². The fourth-order valence-corrected chi connectivity index (χ4v) is 2.20. The molecule has 1 atom stereocenters. The van der Waals surface area contributed by atoms with Crippen LogP contribution in [-0.4, -0.2) is 35.1 Å². The molecule has 0 aliphatic rings. The number of β-amino-alcohol motifs (C(OH)–C–C–N with tert-alkyl or cyclic N) is 1. The van der Waals surface area contributed by atoms with Crippen LogP contribution < -0.4 is 10.1 Å². The van der Waals surface area contributed by atoms with Gasteiger partial charge in [-0.2, -0.15) is 0 Å². The minimum Gasteiger partial charge on any atom is -0.490 e. The Morgan fingerprint density at radius 1 is 1.32 bits per heavy atom. The molecule has 0 amide bonds. The molecule has 0 aliphatic carbocycles. The Bertz CT molecular complexity index is 720. The lowest BCUT2D eigenvalue weighted by Gasteiger charge is -2.23. The van der Waals surface area contributed by atoms with Crippen molar-refractivity contribution in [1.29, 1.82) is 0 Å². The predicted octanol–water partition coefficient (Wildman–Crippen LogP) is 3.93. The van der Waals surface area contributed by atoms with Gasteiger partial charge in [-0.05, 0) is 45.9 Å². The number of rotatable bonds is 7. The number of aliphatic hydroxyl groups is 1. The Kier molecular flexibility index (Phi) is 6.64. The Balaban J connectivity index is 1.99. The number of aryl methyl sites for hydroxylation is 1. The van der Waals surface area contributed by atoms with E-state index in [2.05, 4.69) is 31.2 Å². The molecule has 1 unspecified atom stereocenters. The highest BCUT2D eigenvalue weighted by atomic mass is 35.5. The summed E-state index contributed by atoms with van der Waals surface area (Å²) < 4.78 is 10.9. The van der Waals surface area contributed by atoms with Crippen LogP contribution in [-0.2, 0) is 0 Å². The third-order valence-electron chi connectivity index (χ3n) is 3.45. The van der Waals surface area contributed by atoms with Gasteiger partial charge in [0.25, 0.3) is 0 Å². The van der Waals surface area contributed by atoms with Crippen molar-refractivity contribution in [2.75, 3.05) is 13.2 Å². The van der Waals surface area contributed by atoms with Crippen LogP contribution in [0, 0.1) is 6.92 Å². The van der Waals surface area contributed by atoms with Gasteiger partial charge in [0.15, 0.2) is 5.76 Å². The van der Waals surface area contributed by atoms with Crippen molar-refractivity contribution in [1.82, 2.24) is 10.5 Å². The van der Waals surface area contributed by atoms with E-state index < -0.39 is 6.10 Å². The second-order valence-electron chi connectivity index (χ2n) is 6.91. The summed E-state index contributed by atoms with van der Waals surface area (Å²) in [7, 11) is 0. The molecule has 0 radical (unpaired) electrons. The maximum atomic E-state index is 10.1. The standard InChI is InChI=1S/C19H25ClN2O3/c1-13-18(20)17(25-22-13)10-9-14-7-5-6-8-16(14)24-12-15(23)11-21-19(2,3)4/h5-10,15,21,23H,11-12H2,1-4H3. The molecule has 0 aliphatic heterocycles. The first-order valence-electron chi connectivity index (χ1n) is 8.21. The fraction of sp³-hybridized carbons (Fsp3) is 0.421.